The zero-order valence-electron chi connectivity index (χ0n) is 19.1. The van der Waals surface area contributed by atoms with E-state index in [0.717, 1.165) is 68.0 Å². The van der Waals surface area contributed by atoms with Crippen LogP contribution in [0.1, 0.15) is 24.8 Å². The molecule has 0 unspecified atom stereocenters. The van der Waals surface area contributed by atoms with Crippen molar-refractivity contribution < 1.29 is 19.0 Å². The molecule has 0 radical (unpaired) electrons. The highest BCUT2D eigenvalue weighted by molar-refractivity contribution is 9.10. The molecular formula is C25H32BrN3O4. The molecule has 178 valence electrons. The Bertz CT molecular complexity index is 926. The second-order valence-electron chi connectivity index (χ2n) is 8.34. The summed E-state index contributed by atoms with van der Waals surface area (Å²) in [4.78, 5) is 16.7. The van der Waals surface area contributed by atoms with Crippen LogP contribution in [-0.2, 0) is 16.1 Å². The molecular weight excluding hydrogens is 486 g/mol. The Balaban J connectivity index is 1.34. The lowest BCUT2D eigenvalue weighted by Gasteiger charge is -2.29. The van der Waals surface area contributed by atoms with Crippen LogP contribution in [0.4, 0.5) is 11.4 Å². The van der Waals surface area contributed by atoms with Crippen LogP contribution in [0.25, 0.3) is 0 Å². The van der Waals surface area contributed by atoms with Gasteiger partial charge in [-0.25, -0.2) is 0 Å². The molecule has 0 spiro atoms. The van der Waals surface area contributed by atoms with Gasteiger partial charge in [-0.05, 0) is 77.2 Å². The van der Waals surface area contributed by atoms with Crippen molar-refractivity contribution in [3.63, 3.8) is 0 Å². The molecule has 0 aliphatic carbocycles. The van der Waals surface area contributed by atoms with Crippen LogP contribution < -0.4 is 19.7 Å². The SMILES string of the molecule is COc1cc(CNc2ccc(N3CCOCC3)cc2)cc(Br)c1OCC(=O)N1CCCCC1. The lowest BCUT2D eigenvalue weighted by atomic mass is 10.1. The summed E-state index contributed by atoms with van der Waals surface area (Å²) in [5.74, 6) is 1.19. The predicted molar refractivity (Wildman–Crippen MR) is 133 cm³/mol. The van der Waals surface area contributed by atoms with Gasteiger partial charge in [0.2, 0.25) is 0 Å². The molecule has 0 saturated carbocycles. The maximum Gasteiger partial charge on any atom is 0.260 e. The molecule has 7 nitrogen and oxygen atoms in total. The Morgan fingerprint density at radius 1 is 1.06 bits per heavy atom. The number of hydrogen-bond donors (Lipinski definition) is 1. The van der Waals surface area contributed by atoms with Crippen LogP contribution in [0.2, 0.25) is 0 Å². The maximum absolute atomic E-state index is 12.5. The first-order chi connectivity index (χ1) is 16.1. The Kier molecular flexibility index (Phi) is 8.34. The molecule has 33 heavy (non-hydrogen) atoms. The van der Waals surface area contributed by atoms with Gasteiger partial charge in [-0.2, -0.15) is 0 Å². The van der Waals surface area contributed by atoms with Crippen molar-refractivity contribution in [2.75, 3.05) is 63.3 Å². The number of benzene rings is 2. The number of piperidine rings is 1. The topological polar surface area (TPSA) is 63.3 Å². The molecule has 2 heterocycles. The van der Waals surface area contributed by atoms with E-state index in [0.29, 0.717) is 18.0 Å². The van der Waals surface area contributed by atoms with Crippen LogP contribution in [0.3, 0.4) is 0 Å². The fourth-order valence-electron chi connectivity index (χ4n) is 4.20. The number of likely N-dealkylation sites (tertiary alicyclic amines) is 1. The molecule has 2 aromatic rings. The smallest absolute Gasteiger partial charge is 0.260 e. The molecule has 2 saturated heterocycles. The Morgan fingerprint density at radius 2 is 1.79 bits per heavy atom. The molecule has 1 N–H and O–H groups in total. The van der Waals surface area contributed by atoms with Gasteiger partial charge in [-0.15, -0.1) is 0 Å². The summed E-state index contributed by atoms with van der Waals surface area (Å²) in [6.07, 6.45) is 3.32. The van der Waals surface area contributed by atoms with E-state index in [-0.39, 0.29) is 12.5 Å². The lowest BCUT2D eigenvalue weighted by Crippen LogP contribution is -2.38. The van der Waals surface area contributed by atoms with Gasteiger partial charge in [0.1, 0.15) is 0 Å². The average molecular weight is 518 g/mol. The highest BCUT2D eigenvalue weighted by atomic mass is 79.9. The minimum atomic E-state index is 0.0159. The molecule has 1 amide bonds. The number of rotatable bonds is 8. The van der Waals surface area contributed by atoms with Gasteiger partial charge in [-0.1, -0.05) is 0 Å². The van der Waals surface area contributed by atoms with Gasteiger partial charge in [0.25, 0.3) is 5.91 Å². The van der Waals surface area contributed by atoms with Crippen molar-refractivity contribution in [3.8, 4) is 11.5 Å². The molecule has 4 rings (SSSR count). The summed E-state index contributed by atoms with van der Waals surface area (Å²) in [5, 5.41) is 3.46. The number of amides is 1. The molecule has 2 aliphatic rings. The maximum atomic E-state index is 12.5. The number of carbonyl (C=O) groups excluding carboxylic acids is 1. The van der Waals surface area contributed by atoms with Crippen molar-refractivity contribution in [1.29, 1.82) is 0 Å². The van der Waals surface area contributed by atoms with E-state index < -0.39 is 0 Å². The van der Waals surface area contributed by atoms with Crippen LogP contribution in [0.15, 0.2) is 40.9 Å². The second-order valence-corrected chi connectivity index (χ2v) is 9.19. The summed E-state index contributed by atoms with van der Waals surface area (Å²) in [7, 11) is 1.61. The van der Waals surface area contributed by atoms with Crippen molar-refractivity contribution >= 4 is 33.2 Å². The summed E-state index contributed by atoms with van der Waals surface area (Å²) in [6, 6.07) is 12.4. The zero-order chi connectivity index (χ0) is 23.0. The highest BCUT2D eigenvalue weighted by Crippen LogP contribution is 2.37. The third kappa shape index (κ3) is 6.32. The summed E-state index contributed by atoms with van der Waals surface area (Å²) < 4.78 is 17.6. The standard InChI is InChI=1S/C25H32BrN3O4/c1-31-23-16-19(15-22(26)25(23)33-18-24(30)29-9-3-2-4-10-29)17-27-20-5-7-21(8-6-20)28-11-13-32-14-12-28/h5-8,15-16,27H,2-4,9-14,17-18H2,1H3. The van der Waals surface area contributed by atoms with Crippen LogP contribution in [-0.4, -0.2) is 63.9 Å². The first-order valence-electron chi connectivity index (χ1n) is 11.6. The van der Waals surface area contributed by atoms with Gasteiger partial charge >= 0.3 is 0 Å². The van der Waals surface area contributed by atoms with E-state index in [2.05, 4.69) is 50.4 Å². The quantitative estimate of drug-likeness (QED) is 0.563. The van der Waals surface area contributed by atoms with Crippen molar-refractivity contribution in [2.24, 2.45) is 0 Å². The van der Waals surface area contributed by atoms with Gasteiger partial charge in [0.05, 0.1) is 24.8 Å². The molecule has 8 heteroatoms. The number of nitrogens with one attached hydrogen (secondary N) is 1. The number of morpholine rings is 1. The summed E-state index contributed by atoms with van der Waals surface area (Å²) >= 11 is 3.59. The van der Waals surface area contributed by atoms with E-state index in [1.54, 1.807) is 7.11 Å². The first kappa shape index (κ1) is 23.7. The van der Waals surface area contributed by atoms with Crippen molar-refractivity contribution in [2.45, 2.75) is 25.8 Å². The number of halogens is 1. The fraction of sp³-hybridized carbons (Fsp3) is 0.480. The summed E-state index contributed by atoms with van der Waals surface area (Å²) in [5.41, 5.74) is 3.31. The Labute approximate surface area is 204 Å². The minimum Gasteiger partial charge on any atom is -0.493 e. The van der Waals surface area contributed by atoms with E-state index in [1.807, 2.05) is 17.0 Å². The van der Waals surface area contributed by atoms with E-state index in [4.69, 9.17) is 14.2 Å². The Morgan fingerprint density at radius 3 is 2.48 bits per heavy atom. The molecule has 2 fully saturated rings. The highest BCUT2D eigenvalue weighted by Gasteiger charge is 2.19. The van der Waals surface area contributed by atoms with Crippen LogP contribution in [0.5, 0.6) is 11.5 Å². The molecule has 0 aromatic heterocycles. The normalized spacial score (nSPS) is 16.4. The van der Waals surface area contributed by atoms with Gasteiger partial charge in [0.15, 0.2) is 18.1 Å². The van der Waals surface area contributed by atoms with Gasteiger partial charge < -0.3 is 29.3 Å². The molecule has 2 aromatic carbocycles. The van der Waals surface area contributed by atoms with E-state index in [1.165, 1.54) is 12.1 Å². The van der Waals surface area contributed by atoms with Crippen LogP contribution in [0, 0.1) is 0 Å². The van der Waals surface area contributed by atoms with E-state index >= 15 is 0 Å². The van der Waals surface area contributed by atoms with Crippen molar-refractivity contribution in [1.82, 2.24) is 4.90 Å². The largest absolute Gasteiger partial charge is 0.493 e. The fourth-order valence-corrected chi connectivity index (χ4v) is 4.80. The van der Waals surface area contributed by atoms with Crippen molar-refractivity contribution in [3.05, 3.63) is 46.4 Å². The number of anilines is 2. The molecule has 0 atom stereocenters. The average Bonchev–Trinajstić information content (AvgIpc) is 2.87. The van der Waals surface area contributed by atoms with Crippen LogP contribution >= 0.6 is 15.9 Å². The third-order valence-corrected chi connectivity index (χ3v) is 6.67. The number of methoxy groups -OCH3 is 1. The Hall–Kier alpha value is -2.45. The number of ether oxygens (including phenoxy) is 3. The zero-order valence-corrected chi connectivity index (χ0v) is 20.7. The monoisotopic (exact) mass is 517 g/mol. The summed E-state index contributed by atoms with van der Waals surface area (Å²) in [6.45, 7) is 5.71. The first-order valence-corrected chi connectivity index (χ1v) is 12.4. The van der Waals surface area contributed by atoms with E-state index in [9.17, 15) is 4.79 Å². The third-order valence-electron chi connectivity index (χ3n) is 6.08. The predicted octanol–water partition coefficient (Wildman–Crippen LogP) is 4.30. The second kappa shape index (κ2) is 11.6. The lowest BCUT2D eigenvalue weighted by molar-refractivity contribution is -0.134. The van der Waals surface area contributed by atoms with Gasteiger partial charge in [0, 0.05) is 44.1 Å². The van der Waals surface area contributed by atoms with Gasteiger partial charge in [-0.3, -0.25) is 4.79 Å². The number of nitrogens with zero attached hydrogens (tertiary/aromatic N) is 2. The molecule has 2 aliphatic heterocycles. The minimum absolute atomic E-state index is 0.0159. The number of hydrogen-bond acceptors (Lipinski definition) is 6. The molecule has 0 bridgehead atoms. The number of carbonyl (C=O) groups is 1.